The number of benzene rings is 1. The Morgan fingerprint density at radius 1 is 1.65 bits per heavy atom. The second-order valence-corrected chi connectivity index (χ2v) is 3.95. The molecular formula is C10H11ClN2O4. The van der Waals surface area contributed by atoms with Gasteiger partial charge in [-0.25, -0.2) is 0 Å². The molecule has 1 aromatic rings. The molecule has 0 bridgehead atoms. The van der Waals surface area contributed by atoms with Crippen LogP contribution in [0, 0.1) is 16.0 Å². The zero-order valence-corrected chi connectivity index (χ0v) is 9.77. The summed E-state index contributed by atoms with van der Waals surface area (Å²) >= 11 is 5.64. The first-order chi connectivity index (χ1) is 7.91. The van der Waals surface area contributed by atoms with Gasteiger partial charge in [0.25, 0.3) is 5.69 Å². The lowest BCUT2D eigenvalue weighted by molar-refractivity contribution is -0.384. The van der Waals surface area contributed by atoms with E-state index in [0.717, 1.165) is 0 Å². The van der Waals surface area contributed by atoms with E-state index in [4.69, 9.17) is 16.7 Å². The van der Waals surface area contributed by atoms with E-state index in [-0.39, 0.29) is 17.3 Å². The molecule has 1 unspecified atom stereocenters. The number of anilines is 1. The molecule has 0 radical (unpaired) electrons. The summed E-state index contributed by atoms with van der Waals surface area (Å²) in [6, 6.07) is 4.23. The Morgan fingerprint density at radius 2 is 2.29 bits per heavy atom. The van der Waals surface area contributed by atoms with E-state index in [9.17, 15) is 14.9 Å². The fraction of sp³-hybridized carbons (Fsp3) is 0.300. The normalized spacial score (nSPS) is 11.9. The molecule has 0 fully saturated rings. The van der Waals surface area contributed by atoms with Crippen LogP contribution in [0.1, 0.15) is 6.92 Å². The van der Waals surface area contributed by atoms with Gasteiger partial charge in [0.1, 0.15) is 5.02 Å². The molecule has 0 aliphatic heterocycles. The zero-order chi connectivity index (χ0) is 13.0. The van der Waals surface area contributed by atoms with Crippen LogP contribution in [0.5, 0.6) is 0 Å². The molecule has 0 saturated heterocycles. The zero-order valence-electron chi connectivity index (χ0n) is 9.01. The SMILES string of the molecule is CC(CNc1ccc(Cl)c([N+](=O)[O-])c1)C(=O)O. The fourth-order valence-electron chi connectivity index (χ4n) is 1.12. The number of nitrogens with zero attached hydrogens (tertiary/aromatic N) is 1. The lowest BCUT2D eigenvalue weighted by atomic mass is 10.2. The number of nitrogens with one attached hydrogen (secondary N) is 1. The maximum absolute atomic E-state index is 10.6. The lowest BCUT2D eigenvalue weighted by Crippen LogP contribution is -2.19. The number of aliphatic carboxylic acids is 1. The molecule has 7 heteroatoms. The highest BCUT2D eigenvalue weighted by Crippen LogP contribution is 2.27. The van der Waals surface area contributed by atoms with Crippen molar-refractivity contribution in [1.29, 1.82) is 0 Å². The first-order valence-corrected chi connectivity index (χ1v) is 5.20. The average Bonchev–Trinajstić information content (AvgIpc) is 2.26. The van der Waals surface area contributed by atoms with Crippen LogP contribution in [0.2, 0.25) is 5.02 Å². The van der Waals surface area contributed by atoms with Crippen molar-refractivity contribution in [3.63, 3.8) is 0 Å². The highest BCUT2D eigenvalue weighted by Gasteiger charge is 2.14. The van der Waals surface area contributed by atoms with Crippen LogP contribution in [0.4, 0.5) is 11.4 Å². The summed E-state index contributed by atoms with van der Waals surface area (Å²) in [7, 11) is 0. The summed E-state index contributed by atoms with van der Waals surface area (Å²) in [5.74, 6) is -1.51. The summed E-state index contributed by atoms with van der Waals surface area (Å²) < 4.78 is 0. The van der Waals surface area contributed by atoms with Crippen LogP contribution in [-0.4, -0.2) is 22.5 Å². The molecule has 2 N–H and O–H groups in total. The predicted octanol–water partition coefficient (Wildman–Crippen LogP) is 2.38. The second-order valence-electron chi connectivity index (χ2n) is 3.54. The molecule has 0 aliphatic carbocycles. The van der Waals surface area contributed by atoms with Crippen molar-refractivity contribution in [3.05, 3.63) is 33.3 Å². The molecule has 92 valence electrons. The first kappa shape index (κ1) is 13.2. The average molecular weight is 259 g/mol. The fourth-order valence-corrected chi connectivity index (χ4v) is 1.31. The smallest absolute Gasteiger partial charge is 0.308 e. The number of halogens is 1. The molecule has 0 aromatic heterocycles. The Bertz CT molecular complexity index is 450. The van der Waals surface area contributed by atoms with E-state index < -0.39 is 16.8 Å². The van der Waals surface area contributed by atoms with E-state index in [1.807, 2.05) is 0 Å². The van der Waals surface area contributed by atoms with Crippen molar-refractivity contribution >= 4 is 28.9 Å². The van der Waals surface area contributed by atoms with Crippen molar-refractivity contribution in [2.45, 2.75) is 6.92 Å². The molecule has 0 amide bonds. The highest BCUT2D eigenvalue weighted by molar-refractivity contribution is 6.32. The topological polar surface area (TPSA) is 92.5 Å². The maximum atomic E-state index is 10.6. The van der Waals surface area contributed by atoms with E-state index in [0.29, 0.717) is 5.69 Å². The van der Waals surface area contributed by atoms with Gasteiger partial charge in [-0.2, -0.15) is 0 Å². The van der Waals surface area contributed by atoms with E-state index in [2.05, 4.69) is 5.32 Å². The maximum Gasteiger partial charge on any atom is 0.308 e. The van der Waals surface area contributed by atoms with Gasteiger partial charge in [-0.15, -0.1) is 0 Å². The van der Waals surface area contributed by atoms with Gasteiger partial charge in [0.15, 0.2) is 0 Å². The third-order valence-electron chi connectivity index (χ3n) is 2.18. The minimum atomic E-state index is -0.930. The largest absolute Gasteiger partial charge is 0.481 e. The second kappa shape index (κ2) is 5.49. The molecule has 0 saturated carbocycles. The minimum Gasteiger partial charge on any atom is -0.481 e. The molecule has 0 spiro atoms. The van der Waals surface area contributed by atoms with Gasteiger partial charge in [-0.1, -0.05) is 18.5 Å². The van der Waals surface area contributed by atoms with Crippen molar-refractivity contribution in [2.24, 2.45) is 5.92 Å². The van der Waals surface area contributed by atoms with Gasteiger partial charge in [-0.3, -0.25) is 14.9 Å². The Morgan fingerprint density at radius 3 is 2.82 bits per heavy atom. The Balaban J connectivity index is 2.76. The summed E-state index contributed by atoms with van der Waals surface area (Å²) in [4.78, 5) is 20.6. The molecule has 1 rings (SSSR count). The summed E-state index contributed by atoms with van der Waals surface area (Å²) in [5.41, 5.74) is 0.258. The van der Waals surface area contributed by atoms with Crippen molar-refractivity contribution in [2.75, 3.05) is 11.9 Å². The number of rotatable bonds is 5. The lowest BCUT2D eigenvalue weighted by Gasteiger charge is -2.09. The molecular weight excluding hydrogens is 248 g/mol. The number of carboxylic acid groups (broad SMARTS) is 1. The molecule has 1 atom stereocenters. The van der Waals surface area contributed by atoms with Gasteiger partial charge in [0, 0.05) is 18.3 Å². The number of nitro benzene ring substituents is 1. The van der Waals surface area contributed by atoms with E-state index in [1.54, 1.807) is 13.0 Å². The van der Waals surface area contributed by atoms with Crippen molar-refractivity contribution in [3.8, 4) is 0 Å². The third-order valence-corrected chi connectivity index (χ3v) is 2.50. The number of hydrogen-bond donors (Lipinski definition) is 2. The Kier molecular flexibility index (Phi) is 4.28. The van der Waals surface area contributed by atoms with Crippen molar-refractivity contribution in [1.82, 2.24) is 0 Å². The summed E-state index contributed by atoms with van der Waals surface area (Å²) in [6.45, 7) is 1.73. The first-order valence-electron chi connectivity index (χ1n) is 4.82. The van der Waals surface area contributed by atoms with Crippen molar-refractivity contribution < 1.29 is 14.8 Å². The molecule has 0 aliphatic rings. The van der Waals surface area contributed by atoms with Crippen LogP contribution in [0.25, 0.3) is 0 Å². The minimum absolute atomic E-state index is 0.0480. The Labute approximate surface area is 102 Å². The standard InChI is InChI=1S/C10H11ClN2O4/c1-6(10(14)15)5-12-7-2-3-8(11)9(4-7)13(16)17/h2-4,6,12H,5H2,1H3,(H,14,15). The number of nitro groups is 1. The van der Waals surface area contributed by atoms with Crippen LogP contribution < -0.4 is 5.32 Å². The molecule has 17 heavy (non-hydrogen) atoms. The van der Waals surface area contributed by atoms with Gasteiger partial charge in [0.05, 0.1) is 10.8 Å². The van der Waals surface area contributed by atoms with E-state index in [1.165, 1.54) is 12.1 Å². The van der Waals surface area contributed by atoms with E-state index >= 15 is 0 Å². The van der Waals surface area contributed by atoms with Gasteiger partial charge >= 0.3 is 5.97 Å². The highest BCUT2D eigenvalue weighted by atomic mass is 35.5. The monoisotopic (exact) mass is 258 g/mol. The van der Waals surface area contributed by atoms with Gasteiger partial charge in [0.2, 0.25) is 0 Å². The molecule has 6 nitrogen and oxygen atoms in total. The third kappa shape index (κ3) is 3.60. The molecule has 1 aromatic carbocycles. The Hall–Kier alpha value is -1.82. The van der Waals surface area contributed by atoms with Gasteiger partial charge < -0.3 is 10.4 Å². The van der Waals surface area contributed by atoms with Crippen LogP contribution in [0.3, 0.4) is 0 Å². The van der Waals surface area contributed by atoms with Crippen LogP contribution in [0.15, 0.2) is 18.2 Å². The predicted molar refractivity (Wildman–Crippen MR) is 63.4 cm³/mol. The summed E-state index contributed by atoms with van der Waals surface area (Å²) in [5, 5.41) is 22.1. The quantitative estimate of drug-likeness (QED) is 0.625. The molecule has 0 heterocycles. The van der Waals surface area contributed by atoms with Crippen LogP contribution >= 0.6 is 11.6 Å². The number of hydrogen-bond acceptors (Lipinski definition) is 4. The summed E-state index contributed by atoms with van der Waals surface area (Å²) in [6.07, 6.45) is 0. The number of carboxylic acids is 1. The van der Waals surface area contributed by atoms with Gasteiger partial charge in [-0.05, 0) is 12.1 Å². The van der Waals surface area contributed by atoms with Crippen LogP contribution in [-0.2, 0) is 4.79 Å². The number of carbonyl (C=O) groups is 1.